The highest BCUT2D eigenvalue weighted by atomic mass is 32.2. The van der Waals surface area contributed by atoms with Crippen molar-refractivity contribution in [1.82, 2.24) is 9.71 Å². The van der Waals surface area contributed by atoms with Gasteiger partial charge in [0.05, 0.1) is 21.2 Å². The highest BCUT2D eigenvalue weighted by Gasteiger charge is 2.17. The largest absolute Gasteiger partial charge is 0.492 e. The van der Waals surface area contributed by atoms with Gasteiger partial charge in [0, 0.05) is 17.5 Å². The molecule has 7 nitrogen and oxygen atoms in total. The van der Waals surface area contributed by atoms with Crippen LogP contribution in [0.3, 0.4) is 0 Å². The maximum Gasteiger partial charge on any atom is 0.335 e. The number of thiazole rings is 1. The lowest BCUT2D eigenvalue weighted by Crippen LogP contribution is -2.28. The predicted octanol–water partition coefficient (Wildman–Crippen LogP) is 4.51. The summed E-state index contributed by atoms with van der Waals surface area (Å²) in [6.07, 6.45) is 0. The van der Waals surface area contributed by atoms with Crippen LogP contribution in [0.4, 0.5) is 0 Å². The van der Waals surface area contributed by atoms with Crippen molar-refractivity contribution in [3.63, 3.8) is 0 Å². The minimum Gasteiger partial charge on any atom is -0.492 e. The summed E-state index contributed by atoms with van der Waals surface area (Å²) in [5.74, 6) is -0.553. The number of ether oxygens (including phenoxy) is 1. The molecule has 0 atom stereocenters. The molecule has 0 saturated heterocycles. The number of carbonyl (C=O) groups is 1. The Hall–Kier alpha value is -2.75. The van der Waals surface area contributed by atoms with E-state index in [9.17, 15) is 13.2 Å². The molecule has 1 aromatic heterocycles. The Morgan fingerprint density at radius 1 is 1.13 bits per heavy atom. The molecule has 0 aliphatic heterocycles. The van der Waals surface area contributed by atoms with Gasteiger partial charge < -0.3 is 9.84 Å². The number of nitrogens with one attached hydrogen (secondary N) is 1. The fourth-order valence-corrected chi connectivity index (χ4v) is 4.31. The second-order valence-electron chi connectivity index (χ2n) is 6.30. The van der Waals surface area contributed by atoms with Gasteiger partial charge in [0.1, 0.15) is 12.4 Å². The van der Waals surface area contributed by atoms with Gasteiger partial charge in [-0.3, -0.25) is 0 Å². The molecule has 3 rings (SSSR count). The lowest BCUT2D eigenvalue weighted by molar-refractivity contribution is 0.0696. The zero-order valence-corrected chi connectivity index (χ0v) is 19.5. The molecule has 0 radical (unpaired) electrons. The first-order valence-corrected chi connectivity index (χ1v) is 12.1. The fourth-order valence-electron chi connectivity index (χ4n) is 2.64. The Balaban J connectivity index is 0.00000166. The monoisotopic (exact) mass is 462 g/mol. The van der Waals surface area contributed by atoms with Gasteiger partial charge in [-0.2, -0.15) is 0 Å². The summed E-state index contributed by atoms with van der Waals surface area (Å²) >= 11 is 1.58. The first-order chi connectivity index (χ1) is 14.8. The summed E-state index contributed by atoms with van der Waals surface area (Å²) in [6.45, 7) is 7.74. The average Bonchev–Trinajstić information content (AvgIpc) is 3.19. The molecule has 0 aliphatic rings. The molecule has 3 aromatic rings. The van der Waals surface area contributed by atoms with Crippen LogP contribution in [0.5, 0.6) is 5.75 Å². The topological polar surface area (TPSA) is 106 Å². The Morgan fingerprint density at radius 2 is 1.81 bits per heavy atom. The standard InChI is InChI=1S/C20H20N2O5S2.C2H6/c1-13-3-8-17(11-18(13)20(23)24)29(25,26)21-9-10-27-16-6-4-15(5-7-16)19-12-28-14(2)22-19;1-2/h3-8,11-12,21H,9-10H2,1-2H3,(H,23,24);1-2H3. The Kier molecular flexibility index (Phi) is 8.73. The zero-order valence-electron chi connectivity index (χ0n) is 17.9. The Labute approximate surface area is 186 Å². The van der Waals surface area contributed by atoms with Crippen LogP contribution >= 0.6 is 11.3 Å². The van der Waals surface area contributed by atoms with E-state index in [-0.39, 0.29) is 23.6 Å². The van der Waals surface area contributed by atoms with Gasteiger partial charge in [-0.05, 0) is 55.8 Å². The van der Waals surface area contributed by atoms with Crippen LogP contribution in [0.25, 0.3) is 11.3 Å². The van der Waals surface area contributed by atoms with Crippen LogP contribution in [0.1, 0.15) is 34.8 Å². The van der Waals surface area contributed by atoms with E-state index in [1.165, 1.54) is 12.1 Å². The maximum atomic E-state index is 12.4. The molecule has 1 heterocycles. The van der Waals surface area contributed by atoms with E-state index in [1.54, 1.807) is 30.4 Å². The van der Waals surface area contributed by atoms with E-state index in [4.69, 9.17) is 9.84 Å². The van der Waals surface area contributed by atoms with E-state index in [0.717, 1.165) is 22.3 Å². The molecule has 0 spiro atoms. The van der Waals surface area contributed by atoms with Crippen molar-refractivity contribution in [2.75, 3.05) is 13.2 Å². The molecule has 2 N–H and O–H groups in total. The fraction of sp³-hybridized carbons (Fsp3) is 0.273. The van der Waals surface area contributed by atoms with Crippen molar-refractivity contribution >= 4 is 27.3 Å². The highest BCUT2D eigenvalue weighted by molar-refractivity contribution is 7.89. The number of carboxylic acids is 1. The predicted molar refractivity (Wildman–Crippen MR) is 122 cm³/mol. The quantitative estimate of drug-likeness (QED) is 0.477. The SMILES string of the molecule is CC.Cc1nc(-c2ccc(OCCNS(=O)(=O)c3ccc(C)c(C(=O)O)c3)cc2)cs1. The molecule has 2 aromatic carbocycles. The molecule has 0 fully saturated rings. The average molecular weight is 463 g/mol. The smallest absolute Gasteiger partial charge is 0.335 e. The maximum absolute atomic E-state index is 12.4. The van der Waals surface area contributed by atoms with Crippen molar-refractivity contribution in [3.05, 3.63) is 64.0 Å². The van der Waals surface area contributed by atoms with Crippen molar-refractivity contribution in [3.8, 4) is 17.0 Å². The van der Waals surface area contributed by atoms with Crippen LogP contribution in [0.2, 0.25) is 0 Å². The summed E-state index contributed by atoms with van der Waals surface area (Å²) in [5.41, 5.74) is 2.34. The van der Waals surface area contributed by atoms with E-state index in [2.05, 4.69) is 9.71 Å². The van der Waals surface area contributed by atoms with E-state index in [0.29, 0.717) is 11.3 Å². The van der Waals surface area contributed by atoms with Gasteiger partial charge in [-0.15, -0.1) is 11.3 Å². The van der Waals surface area contributed by atoms with E-state index in [1.807, 2.05) is 38.3 Å². The molecule has 0 amide bonds. The lowest BCUT2D eigenvalue weighted by atomic mass is 10.1. The van der Waals surface area contributed by atoms with Crippen molar-refractivity contribution in [2.24, 2.45) is 0 Å². The number of benzene rings is 2. The minimum atomic E-state index is -3.83. The van der Waals surface area contributed by atoms with Gasteiger partial charge in [-0.25, -0.2) is 22.9 Å². The number of nitrogens with zero attached hydrogens (tertiary/aromatic N) is 1. The number of hydrogen-bond donors (Lipinski definition) is 2. The van der Waals surface area contributed by atoms with Crippen molar-refractivity contribution in [2.45, 2.75) is 32.6 Å². The number of hydrogen-bond acceptors (Lipinski definition) is 6. The number of aromatic carboxylic acids is 1. The molecule has 0 aliphatic carbocycles. The van der Waals surface area contributed by atoms with Gasteiger partial charge in [0.15, 0.2) is 0 Å². The first kappa shape index (κ1) is 24.5. The van der Waals surface area contributed by atoms with Crippen molar-refractivity contribution in [1.29, 1.82) is 0 Å². The first-order valence-electron chi connectivity index (χ1n) is 9.75. The second kappa shape index (κ2) is 11.0. The summed E-state index contributed by atoms with van der Waals surface area (Å²) in [4.78, 5) is 15.5. The normalized spacial score (nSPS) is 10.8. The molecule has 166 valence electrons. The summed E-state index contributed by atoms with van der Waals surface area (Å²) in [7, 11) is -3.83. The third-order valence-electron chi connectivity index (χ3n) is 4.18. The number of aryl methyl sites for hydroxylation is 2. The molecule has 0 bridgehead atoms. The lowest BCUT2D eigenvalue weighted by Gasteiger charge is -2.10. The number of rotatable bonds is 8. The van der Waals surface area contributed by atoms with E-state index >= 15 is 0 Å². The summed E-state index contributed by atoms with van der Waals surface area (Å²) < 4.78 is 32.7. The molecule has 0 saturated carbocycles. The highest BCUT2D eigenvalue weighted by Crippen LogP contribution is 2.23. The van der Waals surface area contributed by atoms with Crippen LogP contribution in [0.15, 0.2) is 52.7 Å². The van der Waals surface area contributed by atoms with Gasteiger partial charge >= 0.3 is 5.97 Å². The van der Waals surface area contributed by atoms with Gasteiger partial charge in [0.2, 0.25) is 10.0 Å². The Morgan fingerprint density at radius 3 is 2.39 bits per heavy atom. The Bertz CT molecular complexity index is 1120. The molecule has 0 unspecified atom stereocenters. The van der Waals surface area contributed by atoms with Crippen LogP contribution < -0.4 is 9.46 Å². The van der Waals surface area contributed by atoms with Gasteiger partial charge in [-0.1, -0.05) is 19.9 Å². The third kappa shape index (κ3) is 6.61. The molecular formula is C22H26N2O5S2. The molecule has 31 heavy (non-hydrogen) atoms. The number of sulfonamides is 1. The molecular weight excluding hydrogens is 436 g/mol. The third-order valence-corrected chi connectivity index (χ3v) is 6.41. The molecule has 9 heteroatoms. The van der Waals surface area contributed by atoms with E-state index < -0.39 is 16.0 Å². The minimum absolute atomic E-state index is 0.0421. The van der Waals surface area contributed by atoms with Gasteiger partial charge in [0.25, 0.3) is 0 Å². The second-order valence-corrected chi connectivity index (χ2v) is 9.13. The van der Waals surface area contributed by atoms with Crippen molar-refractivity contribution < 1.29 is 23.1 Å². The van der Waals surface area contributed by atoms with Crippen LogP contribution in [-0.2, 0) is 10.0 Å². The zero-order chi connectivity index (χ0) is 23.0. The number of carboxylic acid groups (broad SMARTS) is 1. The van der Waals surface area contributed by atoms with Crippen LogP contribution in [0, 0.1) is 13.8 Å². The summed E-state index contributed by atoms with van der Waals surface area (Å²) in [6, 6.07) is 11.4. The van der Waals surface area contributed by atoms with Crippen LogP contribution in [-0.4, -0.2) is 37.6 Å². The number of aromatic nitrogens is 1. The summed E-state index contributed by atoms with van der Waals surface area (Å²) in [5, 5.41) is 12.1.